The van der Waals surface area contributed by atoms with Gasteiger partial charge < -0.3 is 4.74 Å². The highest BCUT2D eigenvalue weighted by atomic mass is 32.2. The second-order valence-corrected chi connectivity index (χ2v) is 9.79. The summed E-state index contributed by atoms with van der Waals surface area (Å²) in [6.07, 6.45) is 5.60. The predicted octanol–water partition coefficient (Wildman–Crippen LogP) is 5.32. The lowest BCUT2D eigenvalue weighted by atomic mass is 9.88. The fourth-order valence-corrected chi connectivity index (χ4v) is 4.83. The van der Waals surface area contributed by atoms with Crippen LogP contribution in [0.4, 0.5) is 4.39 Å². The Kier molecular flexibility index (Phi) is 5.89. The van der Waals surface area contributed by atoms with Crippen molar-refractivity contribution in [3.05, 3.63) is 59.4 Å². The summed E-state index contributed by atoms with van der Waals surface area (Å²) in [5, 5.41) is 0. The van der Waals surface area contributed by atoms with Gasteiger partial charge in [-0.3, -0.25) is 0 Å². The maximum Gasteiger partial charge on any atom is 0.175 e. The first-order valence-corrected chi connectivity index (χ1v) is 11.3. The molecule has 5 heteroatoms. The summed E-state index contributed by atoms with van der Waals surface area (Å²) in [5.41, 5.74) is 2.19. The van der Waals surface area contributed by atoms with Gasteiger partial charge in [0.15, 0.2) is 9.84 Å². The largest absolute Gasteiger partial charge is 0.497 e. The van der Waals surface area contributed by atoms with E-state index in [2.05, 4.69) is 6.92 Å². The summed E-state index contributed by atoms with van der Waals surface area (Å²) in [6.45, 7) is 2.14. The Balaban J connectivity index is 1.63. The van der Waals surface area contributed by atoms with Crippen molar-refractivity contribution >= 4 is 9.84 Å². The highest BCUT2D eigenvalue weighted by molar-refractivity contribution is 7.90. The van der Waals surface area contributed by atoms with Crippen molar-refractivity contribution in [3.8, 4) is 5.75 Å². The van der Waals surface area contributed by atoms with Crippen molar-refractivity contribution in [2.75, 3.05) is 13.4 Å². The molecular weight excluding hydrogens is 363 g/mol. The van der Waals surface area contributed by atoms with Gasteiger partial charge in [-0.1, -0.05) is 19.1 Å². The van der Waals surface area contributed by atoms with Crippen molar-refractivity contribution < 1.29 is 17.5 Å². The zero-order chi connectivity index (χ0) is 19.6. The van der Waals surface area contributed by atoms with Crippen molar-refractivity contribution in [1.29, 1.82) is 0 Å². The lowest BCUT2D eigenvalue weighted by molar-refractivity contribution is 0.408. The zero-order valence-corrected chi connectivity index (χ0v) is 16.9. The number of rotatable bonds is 6. The molecule has 2 aromatic rings. The predicted molar refractivity (Wildman–Crippen MR) is 106 cm³/mol. The average molecular weight is 391 g/mol. The molecular formula is C22H27FO3S. The number of hydrogen-bond acceptors (Lipinski definition) is 3. The van der Waals surface area contributed by atoms with Crippen molar-refractivity contribution in [1.82, 2.24) is 0 Å². The van der Waals surface area contributed by atoms with Gasteiger partial charge in [0.1, 0.15) is 11.6 Å². The Hall–Kier alpha value is -1.88. The molecule has 1 aliphatic carbocycles. The Morgan fingerprint density at radius 1 is 1.15 bits per heavy atom. The molecule has 0 aliphatic heterocycles. The number of halogens is 1. The molecule has 0 bridgehead atoms. The van der Waals surface area contributed by atoms with Gasteiger partial charge >= 0.3 is 0 Å². The van der Waals surface area contributed by atoms with E-state index in [-0.39, 0.29) is 11.7 Å². The van der Waals surface area contributed by atoms with E-state index in [4.69, 9.17) is 4.74 Å². The highest BCUT2D eigenvalue weighted by Gasteiger charge is 2.27. The lowest BCUT2D eigenvalue weighted by Gasteiger charge is -2.18. The second kappa shape index (κ2) is 8.01. The number of methoxy groups -OCH3 is 1. The van der Waals surface area contributed by atoms with E-state index in [0.717, 1.165) is 31.2 Å². The molecule has 1 unspecified atom stereocenters. The standard InChI is InChI=1S/C22H27FO3S/c1-15(19-12-20(23)14-21(13-19)26-2)10-16-4-5-18(11-16)17-6-8-22(9-7-17)27(3,24)25/h6-9,12-16,18H,4-5,10-11H2,1-3H3/t15-,16?,18-/m0/s1. The minimum atomic E-state index is -3.15. The zero-order valence-electron chi connectivity index (χ0n) is 16.1. The molecule has 146 valence electrons. The second-order valence-electron chi connectivity index (χ2n) is 7.78. The van der Waals surface area contributed by atoms with Gasteiger partial charge in [-0.2, -0.15) is 0 Å². The molecule has 0 heterocycles. The van der Waals surface area contributed by atoms with Crippen LogP contribution in [0.15, 0.2) is 47.4 Å². The maximum atomic E-state index is 13.8. The van der Waals surface area contributed by atoms with Crippen LogP contribution < -0.4 is 4.74 Å². The molecule has 3 nitrogen and oxygen atoms in total. The first kappa shape index (κ1) is 19.9. The molecule has 0 spiro atoms. The molecule has 0 aromatic heterocycles. The van der Waals surface area contributed by atoms with Crippen LogP contribution in [-0.2, 0) is 9.84 Å². The van der Waals surface area contributed by atoms with Gasteiger partial charge in [-0.05, 0) is 78.8 Å². The molecule has 0 N–H and O–H groups in total. The molecule has 3 rings (SSSR count). The van der Waals surface area contributed by atoms with E-state index >= 15 is 0 Å². The average Bonchev–Trinajstić information content (AvgIpc) is 3.09. The third-order valence-electron chi connectivity index (χ3n) is 5.71. The van der Waals surface area contributed by atoms with Crippen LogP contribution in [-0.4, -0.2) is 21.8 Å². The number of benzene rings is 2. The normalized spacial score (nSPS) is 21.2. The molecule has 0 radical (unpaired) electrons. The fourth-order valence-electron chi connectivity index (χ4n) is 4.20. The van der Waals surface area contributed by atoms with E-state index in [1.807, 2.05) is 18.2 Å². The fraction of sp³-hybridized carbons (Fsp3) is 0.455. The summed E-state index contributed by atoms with van der Waals surface area (Å²) in [4.78, 5) is 0.370. The molecule has 1 aliphatic rings. The van der Waals surface area contributed by atoms with Gasteiger partial charge in [0, 0.05) is 12.3 Å². The molecule has 3 atom stereocenters. The molecule has 27 heavy (non-hydrogen) atoms. The summed E-state index contributed by atoms with van der Waals surface area (Å²) in [5.74, 6) is 1.64. The highest BCUT2D eigenvalue weighted by Crippen LogP contribution is 2.42. The van der Waals surface area contributed by atoms with E-state index in [9.17, 15) is 12.8 Å². The molecule has 1 saturated carbocycles. The van der Waals surface area contributed by atoms with Gasteiger partial charge in [0.2, 0.25) is 0 Å². The minimum absolute atomic E-state index is 0.258. The van der Waals surface area contributed by atoms with Crippen molar-refractivity contribution in [2.24, 2.45) is 5.92 Å². The number of sulfone groups is 1. The Morgan fingerprint density at radius 2 is 1.85 bits per heavy atom. The van der Waals surface area contributed by atoms with Crippen LogP contribution >= 0.6 is 0 Å². The van der Waals surface area contributed by atoms with Crippen LogP contribution in [0.2, 0.25) is 0 Å². The van der Waals surface area contributed by atoms with Crippen LogP contribution in [0.25, 0.3) is 0 Å². The third kappa shape index (κ3) is 4.89. The molecule has 0 saturated heterocycles. The van der Waals surface area contributed by atoms with Crippen molar-refractivity contribution in [2.45, 2.75) is 49.3 Å². The Bertz CT molecular complexity index is 890. The van der Waals surface area contributed by atoms with Gasteiger partial charge in [0.05, 0.1) is 12.0 Å². The van der Waals surface area contributed by atoms with E-state index in [1.165, 1.54) is 17.9 Å². The van der Waals surface area contributed by atoms with Gasteiger partial charge in [0.25, 0.3) is 0 Å². The summed E-state index contributed by atoms with van der Waals surface area (Å²) in [6, 6.07) is 12.2. The Morgan fingerprint density at radius 3 is 2.48 bits per heavy atom. The van der Waals surface area contributed by atoms with Crippen LogP contribution in [0.5, 0.6) is 5.75 Å². The maximum absolute atomic E-state index is 13.8. The first-order chi connectivity index (χ1) is 12.8. The lowest BCUT2D eigenvalue weighted by Crippen LogP contribution is -2.04. The van der Waals surface area contributed by atoms with Crippen LogP contribution in [0.1, 0.15) is 55.6 Å². The minimum Gasteiger partial charge on any atom is -0.497 e. The van der Waals surface area contributed by atoms with Crippen LogP contribution in [0, 0.1) is 11.7 Å². The third-order valence-corrected chi connectivity index (χ3v) is 6.83. The Labute approximate surface area is 161 Å². The smallest absolute Gasteiger partial charge is 0.175 e. The summed E-state index contributed by atoms with van der Waals surface area (Å²) >= 11 is 0. The van der Waals surface area contributed by atoms with E-state index < -0.39 is 9.84 Å². The topological polar surface area (TPSA) is 43.4 Å². The number of ether oxygens (including phenoxy) is 1. The SMILES string of the molecule is COc1cc(F)cc([C@@H](C)CC2CC[C@H](c3ccc(S(C)(=O)=O)cc3)C2)c1. The molecule has 1 fully saturated rings. The van der Waals surface area contributed by atoms with E-state index in [1.54, 1.807) is 25.3 Å². The molecule has 2 aromatic carbocycles. The first-order valence-electron chi connectivity index (χ1n) is 9.40. The van der Waals surface area contributed by atoms with E-state index in [0.29, 0.717) is 22.5 Å². The molecule has 0 amide bonds. The monoisotopic (exact) mass is 390 g/mol. The van der Waals surface area contributed by atoms with Crippen LogP contribution in [0.3, 0.4) is 0 Å². The summed E-state index contributed by atoms with van der Waals surface area (Å²) in [7, 11) is -1.60. The van der Waals surface area contributed by atoms with Crippen molar-refractivity contribution in [3.63, 3.8) is 0 Å². The number of hydrogen-bond donors (Lipinski definition) is 0. The summed E-state index contributed by atoms with van der Waals surface area (Å²) < 4.78 is 42.2. The quantitative estimate of drug-likeness (QED) is 0.671. The van der Waals surface area contributed by atoms with Gasteiger partial charge in [-0.15, -0.1) is 0 Å². The van der Waals surface area contributed by atoms with Gasteiger partial charge in [-0.25, -0.2) is 12.8 Å².